The molecule has 142 valence electrons. The second-order valence-electron chi connectivity index (χ2n) is 6.25. The third-order valence-electron chi connectivity index (χ3n) is 4.53. The zero-order valence-corrected chi connectivity index (χ0v) is 16.4. The number of methoxy groups -OCH3 is 1. The zero-order valence-electron chi connectivity index (χ0n) is 14.9. The second kappa shape index (κ2) is 7.04. The van der Waals surface area contributed by atoms with Crippen LogP contribution in [0.1, 0.15) is 29.9 Å². The predicted octanol–water partition coefficient (Wildman–Crippen LogP) is 4.60. The minimum Gasteiger partial charge on any atom is -0.497 e. The van der Waals surface area contributed by atoms with Crippen molar-refractivity contribution in [2.45, 2.75) is 13.0 Å². The summed E-state index contributed by atoms with van der Waals surface area (Å²) in [6.45, 7) is 1.78. The molecule has 0 radical (unpaired) electrons. The highest BCUT2D eigenvalue weighted by Crippen LogP contribution is 2.37. The normalized spacial score (nSPS) is 15.3. The average Bonchev–Trinajstić information content (AvgIpc) is 2.80. The molecule has 1 unspecified atom stereocenters. The first-order valence-electron chi connectivity index (χ1n) is 8.40. The van der Waals surface area contributed by atoms with Crippen LogP contribution in [0.2, 0.25) is 10.0 Å². The Labute approximate surface area is 170 Å². The molecule has 28 heavy (non-hydrogen) atoms. The topological polar surface area (TPSA) is 56.5 Å². The van der Waals surface area contributed by atoms with E-state index in [1.54, 1.807) is 35.9 Å². The van der Waals surface area contributed by atoms with Crippen LogP contribution in [-0.4, -0.2) is 22.4 Å². The molecule has 1 atom stereocenters. The largest absolute Gasteiger partial charge is 0.497 e. The van der Waals surface area contributed by atoms with E-state index in [2.05, 4.69) is 9.98 Å². The fourth-order valence-electron chi connectivity index (χ4n) is 3.22. The van der Waals surface area contributed by atoms with E-state index in [0.717, 1.165) is 0 Å². The fourth-order valence-corrected chi connectivity index (χ4v) is 3.62. The quantitative estimate of drug-likeness (QED) is 0.612. The van der Waals surface area contributed by atoms with Crippen molar-refractivity contribution in [3.63, 3.8) is 0 Å². The molecule has 3 aromatic rings. The van der Waals surface area contributed by atoms with Gasteiger partial charge in [0.25, 0.3) is 5.56 Å². The minimum absolute atomic E-state index is 0.215. The van der Waals surface area contributed by atoms with E-state index in [1.165, 1.54) is 25.3 Å². The van der Waals surface area contributed by atoms with Crippen molar-refractivity contribution >= 4 is 28.9 Å². The number of hydrogen-bond acceptors (Lipinski definition) is 4. The summed E-state index contributed by atoms with van der Waals surface area (Å²) in [4.78, 5) is 20.6. The molecule has 1 aliphatic heterocycles. The molecular weight excluding hydrogens is 404 g/mol. The van der Waals surface area contributed by atoms with Crippen molar-refractivity contribution in [1.82, 2.24) is 9.55 Å². The lowest BCUT2D eigenvalue weighted by Gasteiger charge is -2.16. The van der Waals surface area contributed by atoms with E-state index in [0.29, 0.717) is 33.6 Å². The van der Waals surface area contributed by atoms with Gasteiger partial charge in [0.05, 0.1) is 28.6 Å². The van der Waals surface area contributed by atoms with Gasteiger partial charge in [-0.1, -0.05) is 23.2 Å². The van der Waals surface area contributed by atoms with Crippen LogP contribution in [0.15, 0.2) is 52.4 Å². The molecule has 1 aromatic heterocycles. The van der Waals surface area contributed by atoms with Gasteiger partial charge in [-0.15, -0.1) is 0 Å². The van der Waals surface area contributed by atoms with E-state index in [4.69, 9.17) is 27.9 Å². The number of halogens is 3. The molecule has 0 amide bonds. The van der Waals surface area contributed by atoms with Gasteiger partial charge in [-0.25, -0.2) is 4.39 Å². The maximum absolute atomic E-state index is 14.8. The van der Waals surface area contributed by atoms with Crippen LogP contribution in [0.25, 0.3) is 5.69 Å². The second-order valence-corrected chi connectivity index (χ2v) is 7.03. The van der Waals surface area contributed by atoms with Crippen LogP contribution in [0.3, 0.4) is 0 Å². The van der Waals surface area contributed by atoms with Crippen molar-refractivity contribution in [3.8, 4) is 11.4 Å². The number of ether oxygens (including phenoxy) is 1. The number of aromatic nitrogens is 2. The van der Waals surface area contributed by atoms with Crippen LogP contribution >= 0.6 is 23.2 Å². The molecule has 0 spiro atoms. The first-order chi connectivity index (χ1) is 13.4. The first-order valence-corrected chi connectivity index (χ1v) is 9.16. The van der Waals surface area contributed by atoms with Gasteiger partial charge in [-0.3, -0.25) is 9.79 Å². The summed E-state index contributed by atoms with van der Waals surface area (Å²) in [5.41, 5.74) is 1.20. The Hall–Kier alpha value is -2.70. The minimum atomic E-state index is -0.531. The molecule has 0 saturated heterocycles. The fraction of sp³-hybridized carbons (Fsp3) is 0.150. The zero-order chi connectivity index (χ0) is 20.0. The highest BCUT2D eigenvalue weighted by atomic mass is 35.5. The SMILES string of the molecule is COc1ccc(F)c(C2=NC(C)c3nc(=O)ccn3-c3ccc(Cl)c(Cl)c32)c1. The van der Waals surface area contributed by atoms with Gasteiger partial charge < -0.3 is 9.30 Å². The third-order valence-corrected chi connectivity index (χ3v) is 5.34. The van der Waals surface area contributed by atoms with Crippen molar-refractivity contribution in [2.75, 3.05) is 7.11 Å². The Balaban J connectivity index is 2.11. The van der Waals surface area contributed by atoms with Gasteiger partial charge in [0.2, 0.25) is 0 Å². The molecule has 0 N–H and O–H groups in total. The van der Waals surface area contributed by atoms with Crippen LogP contribution in [0, 0.1) is 5.82 Å². The summed E-state index contributed by atoms with van der Waals surface area (Å²) in [6.07, 6.45) is 1.60. The van der Waals surface area contributed by atoms with E-state index in [1.807, 2.05) is 0 Å². The van der Waals surface area contributed by atoms with E-state index in [9.17, 15) is 9.18 Å². The molecule has 1 aliphatic rings. The molecule has 2 aromatic carbocycles. The summed E-state index contributed by atoms with van der Waals surface area (Å²) in [6, 6.07) is 8.57. The first kappa shape index (κ1) is 18.7. The molecule has 0 saturated carbocycles. The predicted molar refractivity (Wildman–Crippen MR) is 107 cm³/mol. The maximum atomic E-state index is 14.8. The van der Waals surface area contributed by atoms with Gasteiger partial charge in [0.15, 0.2) is 0 Å². The molecule has 5 nitrogen and oxygen atoms in total. The van der Waals surface area contributed by atoms with Gasteiger partial charge >= 0.3 is 0 Å². The van der Waals surface area contributed by atoms with E-state index >= 15 is 0 Å². The van der Waals surface area contributed by atoms with Gasteiger partial charge in [-0.05, 0) is 37.3 Å². The highest BCUT2D eigenvalue weighted by Gasteiger charge is 2.27. The molecule has 0 aliphatic carbocycles. The summed E-state index contributed by atoms with van der Waals surface area (Å²) in [5, 5.41) is 0.542. The lowest BCUT2D eigenvalue weighted by atomic mass is 9.99. The lowest BCUT2D eigenvalue weighted by Crippen LogP contribution is -2.16. The molecule has 2 heterocycles. The molecule has 8 heteroatoms. The van der Waals surface area contributed by atoms with Crippen LogP contribution in [0.5, 0.6) is 5.75 Å². The van der Waals surface area contributed by atoms with Crippen molar-refractivity contribution in [1.29, 1.82) is 0 Å². The van der Waals surface area contributed by atoms with Crippen LogP contribution in [-0.2, 0) is 0 Å². The smallest absolute Gasteiger partial charge is 0.272 e. The standard InChI is InChI=1S/C20H14Cl2FN3O2/c1-10-20-25-16(27)7-8-26(20)15-6-4-13(21)18(22)17(15)19(24-10)12-9-11(28-2)3-5-14(12)23/h3-10H,1-2H3. The van der Waals surface area contributed by atoms with Crippen LogP contribution < -0.4 is 10.3 Å². The summed E-state index contributed by atoms with van der Waals surface area (Å²) < 4.78 is 21.7. The highest BCUT2D eigenvalue weighted by molar-refractivity contribution is 6.45. The van der Waals surface area contributed by atoms with Crippen molar-refractivity contribution in [3.05, 3.63) is 85.8 Å². The summed E-state index contributed by atoms with van der Waals surface area (Å²) >= 11 is 12.8. The number of benzene rings is 2. The van der Waals surface area contributed by atoms with Gasteiger partial charge in [-0.2, -0.15) is 4.98 Å². The monoisotopic (exact) mass is 417 g/mol. The number of fused-ring (bicyclic) bond motifs is 3. The number of hydrogen-bond donors (Lipinski definition) is 0. The Morgan fingerprint density at radius 1 is 1.18 bits per heavy atom. The molecule has 0 fully saturated rings. The van der Waals surface area contributed by atoms with Gasteiger partial charge in [0.1, 0.15) is 23.4 Å². The molecule has 4 rings (SSSR count). The summed E-state index contributed by atoms with van der Waals surface area (Å²) in [5.74, 6) is 0.411. The van der Waals surface area contributed by atoms with Crippen LogP contribution in [0.4, 0.5) is 4.39 Å². The third kappa shape index (κ3) is 2.99. The maximum Gasteiger partial charge on any atom is 0.272 e. The molecule has 0 bridgehead atoms. The lowest BCUT2D eigenvalue weighted by molar-refractivity contribution is 0.413. The summed E-state index contributed by atoms with van der Waals surface area (Å²) in [7, 11) is 1.50. The Bertz CT molecular complexity index is 1190. The Morgan fingerprint density at radius 3 is 2.71 bits per heavy atom. The number of aliphatic imine (C=N–C) groups is 1. The molecular formula is C20H14Cl2FN3O2. The number of rotatable bonds is 2. The van der Waals surface area contributed by atoms with Crippen molar-refractivity contribution in [2.24, 2.45) is 4.99 Å². The Morgan fingerprint density at radius 2 is 1.96 bits per heavy atom. The van der Waals surface area contributed by atoms with E-state index < -0.39 is 11.9 Å². The average molecular weight is 418 g/mol. The van der Waals surface area contributed by atoms with E-state index in [-0.39, 0.29) is 16.1 Å². The number of nitrogens with zero attached hydrogens (tertiary/aromatic N) is 3. The van der Waals surface area contributed by atoms with Crippen molar-refractivity contribution < 1.29 is 9.13 Å². The van der Waals surface area contributed by atoms with Gasteiger partial charge in [0, 0.05) is 23.4 Å². The Kier molecular flexibility index (Phi) is 4.69.